The molecule has 2 atom stereocenters. The van der Waals surface area contributed by atoms with Gasteiger partial charge >= 0.3 is 5.82 Å². The van der Waals surface area contributed by atoms with Gasteiger partial charge in [-0.25, -0.2) is 0 Å². The second-order valence-corrected chi connectivity index (χ2v) is 6.05. The number of aromatic nitrogens is 2. The first-order chi connectivity index (χ1) is 8.93. The van der Waals surface area contributed by atoms with E-state index in [9.17, 15) is 10.1 Å². The van der Waals surface area contributed by atoms with Crippen molar-refractivity contribution in [2.75, 3.05) is 24.5 Å². The van der Waals surface area contributed by atoms with Gasteiger partial charge in [-0.2, -0.15) is 0 Å². The smallest absolute Gasteiger partial charge is 0.358 e. The van der Waals surface area contributed by atoms with Crippen molar-refractivity contribution in [1.82, 2.24) is 14.9 Å². The van der Waals surface area contributed by atoms with Gasteiger partial charge in [-0.05, 0) is 35.6 Å². The fourth-order valence-electron chi connectivity index (χ4n) is 3.63. The summed E-state index contributed by atoms with van der Waals surface area (Å²) in [5, 5.41) is 14.6. The summed E-state index contributed by atoms with van der Waals surface area (Å²) in [4.78, 5) is 16.8. The summed E-state index contributed by atoms with van der Waals surface area (Å²) in [5.41, 5.74) is -0.0906. The Hall–Kier alpha value is -1.63. The van der Waals surface area contributed by atoms with Crippen LogP contribution in [0, 0.1) is 22.0 Å². The number of rotatable bonds is 2. The molecule has 2 saturated heterocycles. The minimum Gasteiger partial charge on any atom is -0.358 e. The van der Waals surface area contributed by atoms with Gasteiger partial charge in [-0.3, -0.25) is 4.57 Å². The SMILES string of the molecule is Cn1cnc([N+](=O)[O-])c1N1CC2CNCC2C1(C)C. The minimum absolute atomic E-state index is 0.0384. The highest BCUT2D eigenvalue weighted by atomic mass is 16.6. The summed E-state index contributed by atoms with van der Waals surface area (Å²) in [7, 11) is 1.82. The summed E-state index contributed by atoms with van der Waals surface area (Å²) < 4.78 is 1.76. The normalized spacial score (nSPS) is 28.7. The molecule has 7 nitrogen and oxygen atoms in total. The van der Waals surface area contributed by atoms with E-state index in [1.807, 2.05) is 7.05 Å². The maximum Gasteiger partial charge on any atom is 0.406 e. The summed E-state index contributed by atoms with van der Waals surface area (Å²) in [5.74, 6) is 1.68. The van der Waals surface area contributed by atoms with Crippen molar-refractivity contribution in [3.63, 3.8) is 0 Å². The summed E-state index contributed by atoms with van der Waals surface area (Å²) >= 11 is 0. The molecule has 0 aromatic carbocycles. The van der Waals surface area contributed by atoms with Gasteiger partial charge in [0.1, 0.15) is 0 Å². The fourth-order valence-corrected chi connectivity index (χ4v) is 3.63. The van der Waals surface area contributed by atoms with Crippen LogP contribution in [0.1, 0.15) is 13.8 Å². The Kier molecular flexibility index (Phi) is 2.57. The lowest BCUT2D eigenvalue weighted by Gasteiger charge is -2.36. The van der Waals surface area contributed by atoms with E-state index in [-0.39, 0.29) is 11.4 Å². The Morgan fingerprint density at radius 1 is 1.53 bits per heavy atom. The Bertz CT molecular complexity index is 524. The molecule has 1 aromatic heterocycles. The number of fused-ring (bicyclic) bond motifs is 1. The molecule has 7 heteroatoms. The van der Waals surface area contributed by atoms with E-state index in [1.165, 1.54) is 6.33 Å². The lowest BCUT2D eigenvalue weighted by atomic mass is 9.85. The Balaban J connectivity index is 2.04. The van der Waals surface area contributed by atoms with Crippen LogP contribution in [-0.4, -0.2) is 39.6 Å². The Labute approximate surface area is 111 Å². The van der Waals surface area contributed by atoms with Crippen molar-refractivity contribution in [2.24, 2.45) is 18.9 Å². The zero-order chi connectivity index (χ0) is 13.8. The molecule has 2 fully saturated rings. The molecule has 1 aromatic rings. The van der Waals surface area contributed by atoms with Crippen LogP contribution in [0.4, 0.5) is 11.6 Å². The maximum absolute atomic E-state index is 11.1. The number of hydrogen-bond donors (Lipinski definition) is 1. The molecule has 1 N–H and O–H groups in total. The van der Waals surface area contributed by atoms with Crippen molar-refractivity contribution in [1.29, 1.82) is 0 Å². The van der Waals surface area contributed by atoms with E-state index in [0.29, 0.717) is 17.7 Å². The third-order valence-corrected chi connectivity index (χ3v) is 4.68. The molecule has 19 heavy (non-hydrogen) atoms. The van der Waals surface area contributed by atoms with E-state index < -0.39 is 4.92 Å². The molecule has 3 heterocycles. The molecule has 2 aliphatic rings. The lowest BCUT2D eigenvalue weighted by molar-refractivity contribution is -0.388. The number of anilines is 1. The van der Waals surface area contributed by atoms with Crippen molar-refractivity contribution in [2.45, 2.75) is 19.4 Å². The third-order valence-electron chi connectivity index (χ3n) is 4.68. The maximum atomic E-state index is 11.1. The van der Waals surface area contributed by atoms with Crippen molar-refractivity contribution in [3.05, 3.63) is 16.4 Å². The van der Waals surface area contributed by atoms with E-state index in [1.54, 1.807) is 4.57 Å². The molecule has 3 rings (SSSR count). The van der Waals surface area contributed by atoms with E-state index in [4.69, 9.17) is 0 Å². The molecular weight excluding hydrogens is 246 g/mol. The number of nitro groups is 1. The van der Waals surface area contributed by atoms with Crippen molar-refractivity contribution >= 4 is 11.6 Å². The first-order valence-corrected chi connectivity index (χ1v) is 6.57. The van der Waals surface area contributed by atoms with Crippen molar-refractivity contribution < 1.29 is 4.92 Å². The number of nitrogens with zero attached hydrogens (tertiary/aromatic N) is 4. The van der Waals surface area contributed by atoms with Gasteiger partial charge < -0.3 is 20.3 Å². The predicted molar refractivity (Wildman–Crippen MR) is 71.1 cm³/mol. The van der Waals surface area contributed by atoms with Gasteiger partial charge in [0.2, 0.25) is 12.1 Å². The molecule has 0 spiro atoms. The van der Waals surface area contributed by atoms with Gasteiger partial charge in [0, 0.05) is 32.2 Å². The average molecular weight is 265 g/mol. The van der Waals surface area contributed by atoms with Crippen LogP contribution < -0.4 is 10.2 Å². The zero-order valence-electron chi connectivity index (χ0n) is 11.5. The largest absolute Gasteiger partial charge is 0.406 e. The van der Waals surface area contributed by atoms with Crippen LogP contribution in [0.15, 0.2) is 6.33 Å². The van der Waals surface area contributed by atoms with Crippen LogP contribution in [-0.2, 0) is 7.05 Å². The quantitative estimate of drug-likeness (QED) is 0.631. The Morgan fingerprint density at radius 2 is 2.26 bits per heavy atom. The minimum atomic E-state index is -0.391. The predicted octanol–water partition coefficient (Wildman–Crippen LogP) is 0.762. The topological polar surface area (TPSA) is 76.2 Å². The number of aryl methyl sites for hydroxylation is 1. The first kappa shape index (κ1) is 12.4. The third kappa shape index (κ3) is 1.64. The first-order valence-electron chi connectivity index (χ1n) is 6.57. The molecule has 0 aliphatic carbocycles. The lowest BCUT2D eigenvalue weighted by Crippen LogP contribution is -2.45. The summed E-state index contributed by atoms with van der Waals surface area (Å²) in [6, 6.07) is 0. The van der Waals surface area contributed by atoms with Gasteiger partial charge in [0.15, 0.2) is 0 Å². The second-order valence-electron chi connectivity index (χ2n) is 6.05. The standard InChI is InChI=1S/C12H19N5O2/c1-12(2)9-5-13-4-8(9)6-16(12)11-10(17(18)19)14-7-15(11)3/h7-9,13H,4-6H2,1-3H3. The second kappa shape index (κ2) is 3.93. The number of nitrogens with one attached hydrogen (secondary N) is 1. The molecule has 0 saturated carbocycles. The van der Waals surface area contributed by atoms with Gasteiger partial charge in [-0.1, -0.05) is 0 Å². The van der Waals surface area contributed by atoms with Crippen LogP contribution in [0.5, 0.6) is 0 Å². The average Bonchev–Trinajstić information content (AvgIpc) is 2.96. The molecular formula is C12H19N5O2. The highest BCUT2D eigenvalue weighted by Gasteiger charge is 2.51. The van der Waals surface area contributed by atoms with E-state index in [2.05, 4.69) is 29.0 Å². The monoisotopic (exact) mass is 265 g/mol. The summed E-state index contributed by atoms with van der Waals surface area (Å²) in [6.07, 6.45) is 1.52. The molecule has 0 bridgehead atoms. The number of imidazole rings is 1. The molecule has 0 radical (unpaired) electrons. The van der Waals surface area contributed by atoms with E-state index >= 15 is 0 Å². The van der Waals surface area contributed by atoms with Crippen LogP contribution in [0.3, 0.4) is 0 Å². The fraction of sp³-hybridized carbons (Fsp3) is 0.750. The van der Waals surface area contributed by atoms with Gasteiger partial charge in [-0.15, -0.1) is 0 Å². The molecule has 2 aliphatic heterocycles. The van der Waals surface area contributed by atoms with Gasteiger partial charge in [0.05, 0.1) is 0 Å². The highest BCUT2D eigenvalue weighted by molar-refractivity contribution is 5.58. The summed E-state index contributed by atoms with van der Waals surface area (Å²) in [6.45, 7) is 7.17. The van der Waals surface area contributed by atoms with Crippen LogP contribution in [0.25, 0.3) is 0 Å². The molecule has 0 amide bonds. The molecule has 2 unspecified atom stereocenters. The van der Waals surface area contributed by atoms with Crippen LogP contribution in [0.2, 0.25) is 0 Å². The zero-order valence-corrected chi connectivity index (χ0v) is 11.5. The molecule has 104 valence electrons. The Morgan fingerprint density at radius 3 is 2.89 bits per heavy atom. The number of hydrogen-bond acceptors (Lipinski definition) is 5. The van der Waals surface area contributed by atoms with Crippen LogP contribution >= 0.6 is 0 Å². The van der Waals surface area contributed by atoms with Gasteiger partial charge in [0.25, 0.3) is 0 Å². The van der Waals surface area contributed by atoms with Crippen molar-refractivity contribution in [3.8, 4) is 0 Å². The highest BCUT2D eigenvalue weighted by Crippen LogP contribution is 2.45. The van der Waals surface area contributed by atoms with E-state index in [0.717, 1.165) is 19.6 Å².